The van der Waals surface area contributed by atoms with Gasteiger partial charge in [-0.3, -0.25) is 4.98 Å². The van der Waals surface area contributed by atoms with Crippen LogP contribution in [0, 0.1) is 0 Å². The molecule has 3 rings (SSSR count). The van der Waals surface area contributed by atoms with Crippen molar-refractivity contribution in [3.63, 3.8) is 0 Å². The summed E-state index contributed by atoms with van der Waals surface area (Å²) in [6, 6.07) is 10.5. The van der Waals surface area contributed by atoms with Crippen molar-refractivity contribution >= 4 is 17.3 Å². The fourth-order valence-electron chi connectivity index (χ4n) is 3.33. The number of hydrogen-bond donors (Lipinski definition) is 1. The Bertz CT molecular complexity index is 673. The summed E-state index contributed by atoms with van der Waals surface area (Å²) in [6.45, 7) is 4.69. The Morgan fingerprint density at radius 1 is 1.29 bits per heavy atom. The van der Waals surface area contributed by atoms with Crippen LogP contribution in [0.1, 0.15) is 36.8 Å². The number of aromatic nitrogens is 2. The first-order chi connectivity index (χ1) is 11.8. The number of ether oxygens (including phenoxy) is 1. The van der Waals surface area contributed by atoms with Gasteiger partial charge in [-0.05, 0) is 49.8 Å². The molecule has 1 saturated heterocycles. The number of nitrogens with zero attached hydrogens (tertiary/aromatic N) is 3. The third kappa shape index (κ3) is 3.30. The Balaban J connectivity index is 1.95. The molecule has 6 heteroatoms. The van der Waals surface area contributed by atoms with Crippen LogP contribution >= 0.6 is 12.2 Å². The van der Waals surface area contributed by atoms with E-state index in [1.807, 2.05) is 18.3 Å². The van der Waals surface area contributed by atoms with Crippen LogP contribution in [0.2, 0.25) is 0 Å². The predicted octanol–water partition coefficient (Wildman–Crippen LogP) is 2.91. The lowest BCUT2D eigenvalue weighted by Crippen LogP contribution is -2.32. The van der Waals surface area contributed by atoms with E-state index >= 15 is 0 Å². The fraction of sp³-hybridized carbons (Fsp3) is 0.444. The summed E-state index contributed by atoms with van der Waals surface area (Å²) in [5, 5.41) is 4.27. The van der Waals surface area contributed by atoms with Crippen molar-refractivity contribution < 1.29 is 4.74 Å². The van der Waals surface area contributed by atoms with Crippen molar-refractivity contribution in [1.82, 2.24) is 19.8 Å². The number of thiocarbonyl (C=S) groups is 1. The summed E-state index contributed by atoms with van der Waals surface area (Å²) < 4.78 is 7.49. The molecular weight excluding hydrogens is 320 g/mol. The van der Waals surface area contributed by atoms with E-state index in [0.717, 1.165) is 36.9 Å². The molecule has 0 bridgehead atoms. The van der Waals surface area contributed by atoms with E-state index in [1.54, 1.807) is 7.11 Å². The monoisotopic (exact) mass is 344 g/mol. The van der Waals surface area contributed by atoms with Gasteiger partial charge in [0.1, 0.15) is 0 Å². The highest BCUT2D eigenvalue weighted by molar-refractivity contribution is 7.80. The molecule has 0 aromatic carbocycles. The van der Waals surface area contributed by atoms with Crippen LogP contribution in [0.15, 0.2) is 42.7 Å². The zero-order valence-corrected chi connectivity index (χ0v) is 15.0. The predicted molar refractivity (Wildman–Crippen MR) is 98.8 cm³/mol. The van der Waals surface area contributed by atoms with Gasteiger partial charge in [-0.15, -0.1) is 0 Å². The van der Waals surface area contributed by atoms with E-state index in [4.69, 9.17) is 17.0 Å². The fourth-order valence-corrected chi connectivity index (χ4v) is 3.66. The van der Waals surface area contributed by atoms with Crippen molar-refractivity contribution in [2.75, 3.05) is 20.3 Å². The first-order valence-corrected chi connectivity index (χ1v) is 8.79. The molecule has 128 valence electrons. The van der Waals surface area contributed by atoms with Gasteiger partial charge >= 0.3 is 0 Å². The minimum atomic E-state index is 0.0569. The third-order valence-electron chi connectivity index (χ3n) is 4.45. The van der Waals surface area contributed by atoms with E-state index in [2.05, 4.69) is 51.1 Å². The molecule has 1 N–H and O–H groups in total. The van der Waals surface area contributed by atoms with E-state index in [1.165, 1.54) is 5.69 Å². The molecule has 3 heterocycles. The highest BCUT2D eigenvalue weighted by atomic mass is 32.1. The maximum absolute atomic E-state index is 5.63. The van der Waals surface area contributed by atoms with E-state index < -0.39 is 0 Å². The van der Waals surface area contributed by atoms with Crippen molar-refractivity contribution in [3.05, 3.63) is 54.1 Å². The van der Waals surface area contributed by atoms with Gasteiger partial charge in [0, 0.05) is 44.9 Å². The number of nitrogens with one attached hydrogen (secondary N) is 1. The lowest BCUT2D eigenvalue weighted by Gasteiger charge is -2.28. The molecule has 0 radical (unpaired) electrons. The van der Waals surface area contributed by atoms with E-state index in [-0.39, 0.29) is 12.1 Å². The van der Waals surface area contributed by atoms with Crippen LogP contribution in [-0.2, 0) is 11.3 Å². The van der Waals surface area contributed by atoms with Gasteiger partial charge in [0.25, 0.3) is 0 Å². The average molecular weight is 344 g/mol. The first-order valence-electron chi connectivity index (χ1n) is 8.38. The smallest absolute Gasteiger partial charge is 0.170 e. The van der Waals surface area contributed by atoms with Crippen LogP contribution in [0.5, 0.6) is 0 Å². The molecule has 2 aromatic rings. The summed E-state index contributed by atoms with van der Waals surface area (Å²) in [5.74, 6) is 0. The Kier molecular flexibility index (Phi) is 5.48. The molecule has 0 spiro atoms. The molecule has 1 fully saturated rings. The van der Waals surface area contributed by atoms with Crippen LogP contribution in [-0.4, -0.2) is 39.8 Å². The molecule has 0 aliphatic carbocycles. The van der Waals surface area contributed by atoms with Crippen LogP contribution < -0.4 is 5.32 Å². The molecule has 24 heavy (non-hydrogen) atoms. The summed E-state index contributed by atoms with van der Waals surface area (Å²) in [5.41, 5.74) is 2.28. The Morgan fingerprint density at radius 3 is 2.88 bits per heavy atom. The highest BCUT2D eigenvalue weighted by Gasteiger charge is 2.40. The topological polar surface area (TPSA) is 42.3 Å². The second-order valence-electron chi connectivity index (χ2n) is 5.89. The summed E-state index contributed by atoms with van der Waals surface area (Å²) in [7, 11) is 1.73. The van der Waals surface area contributed by atoms with E-state index in [0.29, 0.717) is 0 Å². The van der Waals surface area contributed by atoms with Crippen molar-refractivity contribution in [3.8, 4) is 0 Å². The van der Waals surface area contributed by atoms with Crippen LogP contribution in [0.3, 0.4) is 0 Å². The van der Waals surface area contributed by atoms with Crippen LogP contribution in [0.4, 0.5) is 0 Å². The zero-order chi connectivity index (χ0) is 16.9. The standard InChI is InChI=1S/C18H24N4OS/c1-3-21-11-6-9-15(21)17-16(14-8-4-5-10-19-14)20-18(24)22(17)12-7-13-23-2/h4-6,8-11,16-17H,3,7,12-13H2,1-2H3,(H,20,24). The quantitative estimate of drug-likeness (QED) is 0.618. The number of rotatable bonds is 7. The molecule has 1 aliphatic heterocycles. The average Bonchev–Trinajstić information content (AvgIpc) is 3.20. The van der Waals surface area contributed by atoms with Gasteiger partial charge < -0.3 is 19.5 Å². The van der Waals surface area contributed by atoms with Crippen LogP contribution in [0.25, 0.3) is 0 Å². The molecule has 2 unspecified atom stereocenters. The molecule has 1 aliphatic rings. The maximum Gasteiger partial charge on any atom is 0.170 e. The molecule has 2 atom stereocenters. The Labute approximate surface area is 148 Å². The van der Waals surface area contributed by atoms with Gasteiger partial charge in [0.15, 0.2) is 5.11 Å². The minimum absolute atomic E-state index is 0.0569. The van der Waals surface area contributed by atoms with Gasteiger partial charge in [-0.1, -0.05) is 6.07 Å². The number of aryl methyl sites for hydroxylation is 1. The van der Waals surface area contributed by atoms with Crippen molar-refractivity contribution in [1.29, 1.82) is 0 Å². The number of pyridine rings is 1. The molecule has 0 saturated carbocycles. The normalized spacial score (nSPS) is 20.4. The maximum atomic E-state index is 5.63. The molecule has 5 nitrogen and oxygen atoms in total. The second-order valence-corrected chi connectivity index (χ2v) is 6.27. The number of methoxy groups -OCH3 is 1. The lowest BCUT2D eigenvalue weighted by molar-refractivity contribution is 0.179. The first kappa shape index (κ1) is 16.9. The summed E-state index contributed by atoms with van der Waals surface area (Å²) in [6.07, 6.45) is 4.90. The lowest BCUT2D eigenvalue weighted by atomic mass is 10.0. The van der Waals surface area contributed by atoms with Crippen molar-refractivity contribution in [2.24, 2.45) is 0 Å². The molecular formula is C18H24N4OS. The third-order valence-corrected chi connectivity index (χ3v) is 4.81. The Morgan fingerprint density at radius 2 is 2.17 bits per heavy atom. The second kappa shape index (κ2) is 7.77. The minimum Gasteiger partial charge on any atom is -0.385 e. The van der Waals surface area contributed by atoms with Gasteiger partial charge in [0.05, 0.1) is 17.8 Å². The van der Waals surface area contributed by atoms with E-state index in [9.17, 15) is 0 Å². The largest absolute Gasteiger partial charge is 0.385 e. The SMILES string of the molecule is CCn1cccc1C1C(c2ccccn2)NC(=S)N1CCCOC. The summed E-state index contributed by atoms with van der Waals surface area (Å²) >= 11 is 5.63. The number of hydrogen-bond acceptors (Lipinski definition) is 3. The highest BCUT2D eigenvalue weighted by Crippen LogP contribution is 2.38. The van der Waals surface area contributed by atoms with Crippen molar-refractivity contribution in [2.45, 2.75) is 32.0 Å². The van der Waals surface area contributed by atoms with Gasteiger partial charge in [0.2, 0.25) is 0 Å². The van der Waals surface area contributed by atoms with Gasteiger partial charge in [-0.2, -0.15) is 0 Å². The molecule has 0 amide bonds. The Hall–Kier alpha value is -1.92. The zero-order valence-electron chi connectivity index (χ0n) is 14.2. The summed E-state index contributed by atoms with van der Waals surface area (Å²) in [4.78, 5) is 6.83. The van der Waals surface area contributed by atoms with Gasteiger partial charge in [-0.25, -0.2) is 0 Å². The molecule has 2 aromatic heterocycles.